The summed E-state index contributed by atoms with van der Waals surface area (Å²) in [5.41, 5.74) is 2.61. The zero-order valence-corrected chi connectivity index (χ0v) is 20.2. The van der Waals surface area contributed by atoms with Crippen LogP contribution in [0.25, 0.3) is 0 Å². The molecule has 1 aromatic heterocycles. The Morgan fingerprint density at radius 1 is 0.861 bits per heavy atom. The SMILES string of the molecule is O=C(Nc1ccccc1)C(=O)N([C@@H]1CCCc2ccccc21)[C@@H](C(=O)NC1CCCC1)c1ccco1. The van der Waals surface area contributed by atoms with E-state index < -0.39 is 23.9 Å². The number of amides is 3. The van der Waals surface area contributed by atoms with Crippen LogP contribution in [0.3, 0.4) is 0 Å². The van der Waals surface area contributed by atoms with E-state index in [0.29, 0.717) is 17.9 Å². The van der Waals surface area contributed by atoms with Crippen molar-refractivity contribution in [2.75, 3.05) is 5.32 Å². The molecule has 36 heavy (non-hydrogen) atoms. The van der Waals surface area contributed by atoms with Gasteiger partial charge < -0.3 is 20.0 Å². The van der Waals surface area contributed by atoms with Gasteiger partial charge in [-0.15, -0.1) is 0 Å². The average Bonchev–Trinajstić information content (AvgIpc) is 3.62. The second-order valence-corrected chi connectivity index (χ2v) is 9.55. The van der Waals surface area contributed by atoms with Crippen molar-refractivity contribution in [1.29, 1.82) is 0 Å². The van der Waals surface area contributed by atoms with Crippen LogP contribution in [0.4, 0.5) is 5.69 Å². The maximum absolute atomic E-state index is 13.9. The molecule has 2 aromatic carbocycles. The molecule has 2 aliphatic carbocycles. The number of furan rings is 1. The van der Waals surface area contributed by atoms with Crippen molar-refractivity contribution in [3.8, 4) is 0 Å². The summed E-state index contributed by atoms with van der Waals surface area (Å²) in [4.78, 5) is 42.4. The molecular weight excluding hydrogens is 454 g/mol. The lowest BCUT2D eigenvalue weighted by Gasteiger charge is -2.39. The van der Waals surface area contributed by atoms with Crippen LogP contribution in [0.15, 0.2) is 77.4 Å². The lowest BCUT2D eigenvalue weighted by Crippen LogP contribution is -2.50. The largest absolute Gasteiger partial charge is 0.467 e. The maximum atomic E-state index is 13.9. The predicted molar refractivity (Wildman–Crippen MR) is 136 cm³/mol. The number of rotatable bonds is 6. The van der Waals surface area contributed by atoms with Crippen molar-refractivity contribution < 1.29 is 18.8 Å². The molecule has 1 heterocycles. The molecule has 3 aromatic rings. The van der Waals surface area contributed by atoms with E-state index in [1.807, 2.05) is 24.3 Å². The van der Waals surface area contributed by atoms with Crippen LogP contribution in [0.2, 0.25) is 0 Å². The highest BCUT2D eigenvalue weighted by Gasteiger charge is 2.43. The smallest absolute Gasteiger partial charge is 0.313 e. The number of anilines is 1. The van der Waals surface area contributed by atoms with Gasteiger partial charge in [-0.1, -0.05) is 55.3 Å². The van der Waals surface area contributed by atoms with Crippen molar-refractivity contribution in [3.05, 3.63) is 89.9 Å². The third kappa shape index (κ3) is 5.05. The van der Waals surface area contributed by atoms with E-state index in [9.17, 15) is 14.4 Å². The molecule has 0 radical (unpaired) electrons. The fraction of sp³-hybridized carbons (Fsp3) is 0.345. The molecular formula is C29H31N3O4. The molecule has 2 aliphatic rings. The first-order valence-electron chi connectivity index (χ1n) is 12.7. The molecule has 3 amide bonds. The van der Waals surface area contributed by atoms with Gasteiger partial charge in [0.05, 0.1) is 12.3 Å². The predicted octanol–water partition coefficient (Wildman–Crippen LogP) is 4.92. The Morgan fingerprint density at radius 3 is 2.36 bits per heavy atom. The lowest BCUT2D eigenvalue weighted by molar-refractivity contribution is -0.151. The van der Waals surface area contributed by atoms with Crippen molar-refractivity contribution in [2.24, 2.45) is 0 Å². The highest BCUT2D eigenvalue weighted by molar-refractivity contribution is 6.40. The van der Waals surface area contributed by atoms with Gasteiger partial charge in [-0.05, 0) is 67.5 Å². The summed E-state index contributed by atoms with van der Waals surface area (Å²) in [7, 11) is 0. The van der Waals surface area contributed by atoms with Gasteiger partial charge in [0.2, 0.25) is 0 Å². The topological polar surface area (TPSA) is 91.7 Å². The van der Waals surface area contributed by atoms with Crippen LogP contribution in [-0.2, 0) is 20.8 Å². The number of para-hydroxylation sites is 1. The number of carbonyl (C=O) groups is 3. The Bertz CT molecular complexity index is 1200. The first kappa shape index (κ1) is 23.9. The summed E-state index contributed by atoms with van der Waals surface area (Å²) in [6.45, 7) is 0. The zero-order valence-electron chi connectivity index (χ0n) is 20.2. The molecule has 2 N–H and O–H groups in total. The van der Waals surface area contributed by atoms with Crippen molar-refractivity contribution in [2.45, 2.75) is 63.1 Å². The van der Waals surface area contributed by atoms with Crippen LogP contribution in [0.5, 0.6) is 0 Å². The second-order valence-electron chi connectivity index (χ2n) is 9.55. The lowest BCUT2D eigenvalue weighted by atomic mass is 9.85. The molecule has 7 nitrogen and oxygen atoms in total. The Labute approximate surface area is 210 Å². The van der Waals surface area contributed by atoms with Crippen molar-refractivity contribution in [1.82, 2.24) is 10.2 Å². The van der Waals surface area contributed by atoms with Gasteiger partial charge in [-0.25, -0.2) is 0 Å². The summed E-state index contributed by atoms with van der Waals surface area (Å²) in [6.07, 6.45) is 7.83. The Kier molecular flexibility index (Phi) is 7.16. The van der Waals surface area contributed by atoms with Crippen LogP contribution in [0, 0.1) is 0 Å². The first-order valence-corrected chi connectivity index (χ1v) is 12.7. The van der Waals surface area contributed by atoms with Crippen LogP contribution < -0.4 is 10.6 Å². The van der Waals surface area contributed by atoms with Gasteiger partial charge >= 0.3 is 11.8 Å². The van der Waals surface area contributed by atoms with E-state index in [1.165, 1.54) is 11.2 Å². The van der Waals surface area contributed by atoms with Crippen LogP contribution in [-0.4, -0.2) is 28.7 Å². The van der Waals surface area contributed by atoms with Gasteiger partial charge in [0.15, 0.2) is 6.04 Å². The molecule has 0 saturated heterocycles. The molecule has 7 heteroatoms. The summed E-state index contributed by atoms with van der Waals surface area (Å²) < 4.78 is 5.70. The molecule has 186 valence electrons. The third-order valence-electron chi connectivity index (χ3n) is 7.17. The number of aryl methyl sites for hydroxylation is 1. The van der Waals surface area contributed by atoms with E-state index in [2.05, 4.69) is 16.7 Å². The van der Waals surface area contributed by atoms with Crippen molar-refractivity contribution >= 4 is 23.4 Å². The minimum Gasteiger partial charge on any atom is -0.467 e. The summed E-state index contributed by atoms with van der Waals surface area (Å²) in [5, 5.41) is 5.83. The van der Waals surface area contributed by atoms with Crippen molar-refractivity contribution in [3.63, 3.8) is 0 Å². The second kappa shape index (κ2) is 10.8. The molecule has 2 atom stereocenters. The molecule has 0 unspecified atom stereocenters. The summed E-state index contributed by atoms with van der Waals surface area (Å²) in [5.74, 6) is -1.52. The van der Waals surface area contributed by atoms with Gasteiger partial charge in [0.25, 0.3) is 5.91 Å². The minimum absolute atomic E-state index is 0.0590. The van der Waals surface area contributed by atoms with Crippen LogP contribution in [0.1, 0.15) is 67.5 Å². The monoisotopic (exact) mass is 485 g/mol. The Balaban J connectivity index is 1.54. The minimum atomic E-state index is -1.06. The van der Waals surface area contributed by atoms with Gasteiger partial charge in [0.1, 0.15) is 5.76 Å². The average molecular weight is 486 g/mol. The van der Waals surface area contributed by atoms with E-state index in [4.69, 9.17) is 4.42 Å². The Morgan fingerprint density at radius 2 is 1.61 bits per heavy atom. The highest BCUT2D eigenvalue weighted by Crippen LogP contribution is 2.40. The van der Waals surface area contributed by atoms with E-state index >= 15 is 0 Å². The fourth-order valence-corrected chi connectivity index (χ4v) is 5.47. The quantitative estimate of drug-likeness (QED) is 0.485. The Hall–Kier alpha value is -3.87. The van der Waals surface area contributed by atoms with Gasteiger partial charge in [-0.3, -0.25) is 14.4 Å². The molecule has 5 rings (SSSR count). The number of benzene rings is 2. The standard InChI is InChI=1S/C29H31N3O4/c33-27(30-21-14-5-6-15-21)26(25-18-9-19-36-25)32(24-17-8-11-20-10-4-7-16-23(20)24)29(35)28(34)31-22-12-2-1-3-13-22/h1-4,7,9-10,12-13,16,18-19,21,24,26H,5-6,8,11,14-15,17H2,(H,30,33)(H,31,34)/t24-,26-/m1/s1. The molecule has 0 aliphatic heterocycles. The summed E-state index contributed by atoms with van der Waals surface area (Å²) >= 11 is 0. The normalized spacial score (nSPS) is 18.2. The molecule has 1 fully saturated rings. The first-order chi connectivity index (χ1) is 17.6. The molecule has 0 spiro atoms. The summed E-state index contributed by atoms with van der Waals surface area (Å²) in [6, 6.07) is 18.8. The van der Waals surface area contributed by atoms with Crippen LogP contribution >= 0.6 is 0 Å². The number of nitrogens with zero attached hydrogens (tertiary/aromatic N) is 1. The number of hydrogen-bond donors (Lipinski definition) is 2. The number of nitrogens with one attached hydrogen (secondary N) is 2. The van der Waals surface area contributed by atoms with E-state index in [0.717, 1.165) is 49.7 Å². The van der Waals surface area contributed by atoms with E-state index in [-0.39, 0.29) is 11.9 Å². The highest BCUT2D eigenvalue weighted by atomic mass is 16.3. The molecule has 1 saturated carbocycles. The number of hydrogen-bond acceptors (Lipinski definition) is 4. The number of carbonyl (C=O) groups excluding carboxylic acids is 3. The number of fused-ring (bicyclic) bond motifs is 1. The fourth-order valence-electron chi connectivity index (χ4n) is 5.47. The van der Waals surface area contributed by atoms with Gasteiger partial charge in [0, 0.05) is 11.7 Å². The molecule has 0 bridgehead atoms. The third-order valence-corrected chi connectivity index (χ3v) is 7.17. The maximum Gasteiger partial charge on any atom is 0.313 e. The zero-order chi connectivity index (χ0) is 24.9. The van der Waals surface area contributed by atoms with E-state index in [1.54, 1.807) is 36.4 Å². The van der Waals surface area contributed by atoms with Gasteiger partial charge in [-0.2, -0.15) is 0 Å².